The molecule has 0 aliphatic carbocycles. The summed E-state index contributed by atoms with van der Waals surface area (Å²) in [5.74, 6) is -0.0814. The summed E-state index contributed by atoms with van der Waals surface area (Å²) < 4.78 is 0. The SMILES string of the molecule is CN(C)C(=O)N1CCc2c(cncc2C(=O)N2CC(O)C2)C1. The van der Waals surface area contributed by atoms with Gasteiger partial charge in [-0.2, -0.15) is 0 Å². The van der Waals surface area contributed by atoms with Crippen molar-refractivity contribution in [3.05, 3.63) is 29.1 Å². The van der Waals surface area contributed by atoms with Crippen molar-refractivity contribution in [1.29, 1.82) is 0 Å². The molecule has 0 unspecified atom stereocenters. The van der Waals surface area contributed by atoms with Crippen molar-refractivity contribution in [2.45, 2.75) is 19.1 Å². The molecule has 2 aliphatic heterocycles. The number of urea groups is 1. The zero-order valence-corrected chi connectivity index (χ0v) is 12.8. The maximum absolute atomic E-state index is 12.5. The van der Waals surface area contributed by atoms with Crippen LogP contribution in [0.25, 0.3) is 0 Å². The van der Waals surface area contributed by atoms with Gasteiger partial charge in [0.2, 0.25) is 0 Å². The van der Waals surface area contributed by atoms with E-state index in [4.69, 9.17) is 0 Å². The molecule has 0 spiro atoms. The van der Waals surface area contributed by atoms with Gasteiger partial charge in [-0.1, -0.05) is 0 Å². The van der Waals surface area contributed by atoms with Gasteiger partial charge in [0.1, 0.15) is 0 Å². The fraction of sp³-hybridized carbons (Fsp3) is 0.533. The molecule has 0 saturated carbocycles. The third-order valence-electron chi connectivity index (χ3n) is 4.17. The van der Waals surface area contributed by atoms with E-state index in [0.29, 0.717) is 38.2 Å². The van der Waals surface area contributed by atoms with E-state index in [1.165, 1.54) is 0 Å². The third kappa shape index (κ3) is 2.52. The van der Waals surface area contributed by atoms with E-state index in [2.05, 4.69) is 4.98 Å². The number of fused-ring (bicyclic) bond motifs is 1. The Hall–Kier alpha value is -2.15. The van der Waals surface area contributed by atoms with Crippen LogP contribution < -0.4 is 0 Å². The Morgan fingerprint density at radius 2 is 2.00 bits per heavy atom. The van der Waals surface area contributed by atoms with Crippen LogP contribution in [0.3, 0.4) is 0 Å². The number of amides is 3. The first-order valence-corrected chi connectivity index (χ1v) is 7.36. The second-order valence-electron chi connectivity index (χ2n) is 6.04. The monoisotopic (exact) mass is 304 g/mol. The normalized spacial score (nSPS) is 17.8. The highest BCUT2D eigenvalue weighted by molar-refractivity contribution is 5.96. The minimum absolute atomic E-state index is 0.0340. The number of hydrogen-bond acceptors (Lipinski definition) is 4. The molecule has 7 nitrogen and oxygen atoms in total. The number of rotatable bonds is 1. The van der Waals surface area contributed by atoms with Crippen molar-refractivity contribution in [1.82, 2.24) is 19.7 Å². The predicted molar refractivity (Wildman–Crippen MR) is 79.3 cm³/mol. The van der Waals surface area contributed by atoms with Crippen LogP contribution in [0.2, 0.25) is 0 Å². The molecule has 2 aliphatic rings. The van der Waals surface area contributed by atoms with Crippen LogP contribution in [0.1, 0.15) is 21.5 Å². The fourth-order valence-electron chi connectivity index (χ4n) is 2.92. The van der Waals surface area contributed by atoms with E-state index in [1.807, 2.05) is 0 Å². The van der Waals surface area contributed by atoms with Crippen LogP contribution in [0.5, 0.6) is 0 Å². The smallest absolute Gasteiger partial charge is 0.319 e. The van der Waals surface area contributed by atoms with E-state index in [1.54, 1.807) is 41.2 Å². The van der Waals surface area contributed by atoms with Crippen LogP contribution >= 0.6 is 0 Å². The molecule has 1 fully saturated rings. The Bertz CT molecular complexity index is 611. The first-order valence-electron chi connectivity index (χ1n) is 7.36. The van der Waals surface area contributed by atoms with Crippen LogP contribution in [0.15, 0.2) is 12.4 Å². The minimum atomic E-state index is -0.412. The van der Waals surface area contributed by atoms with E-state index in [0.717, 1.165) is 11.1 Å². The molecular weight excluding hydrogens is 284 g/mol. The third-order valence-corrected chi connectivity index (χ3v) is 4.17. The Kier molecular flexibility index (Phi) is 3.74. The molecule has 0 atom stereocenters. The molecule has 1 saturated heterocycles. The maximum atomic E-state index is 12.5. The number of carbonyl (C=O) groups excluding carboxylic acids is 2. The van der Waals surface area contributed by atoms with Gasteiger partial charge in [0.15, 0.2) is 0 Å². The van der Waals surface area contributed by atoms with E-state index >= 15 is 0 Å². The summed E-state index contributed by atoms with van der Waals surface area (Å²) in [4.78, 5) is 33.6. The van der Waals surface area contributed by atoms with Gasteiger partial charge in [-0.15, -0.1) is 0 Å². The number of carbonyl (C=O) groups is 2. The first-order chi connectivity index (χ1) is 10.5. The Balaban J connectivity index is 1.81. The molecule has 1 aromatic heterocycles. The average molecular weight is 304 g/mol. The Labute approximate surface area is 129 Å². The zero-order chi connectivity index (χ0) is 15.9. The van der Waals surface area contributed by atoms with Gasteiger partial charge in [-0.3, -0.25) is 9.78 Å². The summed E-state index contributed by atoms with van der Waals surface area (Å²) in [5.41, 5.74) is 2.50. The quantitative estimate of drug-likeness (QED) is 0.788. The second kappa shape index (κ2) is 5.57. The highest BCUT2D eigenvalue weighted by Gasteiger charge is 2.32. The summed E-state index contributed by atoms with van der Waals surface area (Å²) in [6.07, 6.45) is 3.56. The second-order valence-corrected chi connectivity index (χ2v) is 6.04. The lowest BCUT2D eigenvalue weighted by Gasteiger charge is -2.37. The van der Waals surface area contributed by atoms with Crippen molar-refractivity contribution >= 4 is 11.9 Å². The summed E-state index contributed by atoms with van der Waals surface area (Å²) in [6, 6.07) is -0.0340. The summed E-state index contributed by atoms with van der Waals surface area (Å²) in [5, 5.41) is 9.34. The Morgan fingerprint density at radius 3 is 2.64 bits per heavy atom. The zero-order valence-electron chi connectivity index (χ0n) is 12.8. The average Bonchev–Trinajstić information content (AvgIpc) is 2.49. The van der Waals surface area contributed by atoms with Gasteiger partial charge >= 0.3 is 6.03 Å². The summed E-state index contributed by atoms with van der Waals surface area (Å²) in [6.45, 7) is 1.83. The number of hydrogen-bond donors (Lipinski definition) is 1. The molecule has 1 aromatic rings. The minimum Gasteiger partial charge on any atom is -0.389 e. The van der Waals surface area contributed by atoms with Crippen molar-refractivity contribution in [3.63, 3.8) is 0 Å². The Morgan fingerprint density at radius 1 is 1.27 bits per heavy atom. The molecule has 118 valence electrons. The molecule has 22 heavy (non-hydrogen) atoms. The standard InChI is InChI=1S/C15H20N4O3/c1-17(2)15(22)18-4-3-12-10(7-18)5-16-6-13(12)14(21)19-8-11(20)9-19/h5-6,11,20H,3-4,7-9H2,1-2H3. The molecule has 1 N–H and O–H groups in total. The van der Waals surface area contributed by atoms with Gasteiger partial charge in [0.25, 0.3) is 5.91 Å². The largest absolute Gasteiger partial charge is 0.389 e. The number of aliphatic hydroxyl groups excluding tert-OH is 1. The molecule has 0 radical (unpaired) electrons. The number of nitrogens with zero attached hydrogens (tertiary/aromatic N) is 4. The maximum Gasteiger partial charge on any atom is 0.319 e. The molecule has 3 amide bonds. The molecule has 7 heteroatoms. The number of aliphatic hydroxyl groups is 1. The molecular formula is C15H20N4O3. The van der Waals surface area contributed by atoms with Crippen molar-refractivity contribution in [2.24, 2.45) is 0 Å². The fourth-order valence-corrected chi connectivity index (χ4v) is 2.92. The van der Waals surface area contributed by atoms with Crippen LogP contribution in [-0.2, 0) is 13.0 Å². The van der Waals surface area contributed by atoms with Crippen LogP contribution in [0, 0.1) is 0 Å². The van der Waals surface area contributed by atoms with Crippen molar-refractivity contribution < 1.29 is 14.7 Å². The lowest BCUT2D eigenvalue weighted by molar-refractivity contribution is 0.00575. The number of β-amino-alcohol motifs (C(OH)–C–C–N with tert-alkyl or cyclic N) is 1. The number of likely N-dealkylation sites (tertiary alicyclic amines) is 1. The topological polar surface area (TPSA) is 77.0 Å². The molecule has 3 heterocycles. The number of aromatic nitrogens is 1. The highest BCUT2D eigenvalue weighted by Crippen LogP contribution is 2.24. The lowest BCUT2D eigenvalue weighted by Crippen LogP contribution is -2.53. The first kappa shape index (κ1) is 14.8. The van der Waals surface area contributed by atoms with Crippen molar-refractivity contribution in [2.75, 3.05) is 33.7 Å². The van der Waals surface area contributed by atoms with Crippen LogP contribution in [0.4, 0.5) is 4.79 Å². The molecule has 3 rings (SSSR count). The van der Waals surface area contributed by atoms with E-state index in [9.17, 15) is 14.7 Å². The van der Waals surface area contributed by atoms with Gasteiger partial charge in [-0.05, 0) is 17.5 Å². The lowest BCUT2D eigenvalue weighted by atomic mass is 9.95. The number of pyridine rings is 1. The van der Waals surface area contributed by atoms with E-state index in [-0.39, 0.29) is 11.9 Å². The molecule has 0 aromatic carbocycles. The van der Waals surface area contributed by atoms with Crippen LogP contribution in [-0.4, -0.2) is 76.6 Å². The summed E-state index contributed by atoms with van der Waals surface area (Å²) >= 11 is 0. The van der Waals surface area contributed by atoms with E-state index < -0.39 is 6.10 Å². The highest BCUT2D eigenvalue weighted by atomic mass is 16.3. The van der Waals surface area contributed by atoms with Gasteiger partial charge in [0, 0.05) is 52.7 Å². The predicted octanol–water partition coefficient (Wildman–Crippen LogP) is -0.0620. The van der Waals surface area contributed by atoms with Crippen molar-refractivity contribution in [3.8, 4) is 0 Å². The van der Waals surface area contributed by atoms with Gasteiger partial charge in [0.05, 0.1) is 11.7 Å². The van der Waals surface area contributed by atoms with Gasteiger partial charge in [-0.25, -0.2) is 4.79 Å². The summed E-state index contributed by atoms with van der Waals surface area (Å²) in [7, 11) is 3.45. The molecule has 0 bridgehead atoms. The van der Waals surface area contributed by atoms with Gasteiger partial charge < -0.3 is 19.8 Å².